The molecule has 1 N–H and O–H groups in total. The number of cyclic esters (lactones) is 1. The number of ether oxygens (including phenoxy) is 1. The van der Waals surface area contributed by atoms with Crippen molar-refractivity contribution in [2.24, 2.45) is 0 Å². The molecule has 1 aromatic carbocycles. The van der Waals surface area contributed by atoms with Crippen LogP contribution in [0.1, 0.15) is 12.8 Å². The number of amides is 1. The number of hydrogen-bond donors (Lipinski definition) is 1. The Morgan fingerprint density at radius 3 is 2.57 bits per heavy atom. The van der Waals surface area contributed by atoms with Gasteiger partial charge in [0.2, 0.25) is 10.0 Å². The summed E-state index contributed by atoms with van der Waals surface area (Å²) in [5.74, 6) is -0.501. The molecule has 0 bridgehead atoms. The van der Waals surface area contributed by atoms with E-state index in [1.807, 2.05) is 0 Å². The van der Waals surface area contributed by atoms with E-state index in [2.05, 4.69) is 4.72 Å². The van der Waals surface area contributed by atoms with Crippen molar-refractivity contribution < 1.29 is 22.3 Å². The molecular formula is C13H15FN2O4S. The van der Waals surface area contributed by atoms with Crippen LogP contribution in [0.4, 0.5) is 9.18 Å². The maximum atomic E-state index is 12.8. The summed E-state index contributed by atoms with van der Waals surface area (Å²) in [5.41, 5.74) is 0. The third-order valence-corrected chi connectivity index (χ3v) is 4.95. The van der Waals surface area contributed by atoms with Gasteiger partial charge in [-0.15, -0.1) is 0 Å². The van der Waals surface area contributed by atoms with E-state index in [0.717, 1.165) is 25.0 Å². The van der Waals surface area contributed by atoms with E-state index in [4.69, 9.17) is 4.74 Å². The van der Waals surface area contributed by atoms with Gasteiger partial charge in [-0.3, -0.25) is 0 Å². The summed E-state index contributed by atoms with van der Waals surface area (Å²) in [6, 6.07) is 4.79. The highest BCUT2D eigenvalue weighted by atomic mass is 32.2. The normalized spacial score (nSPS) is 22.4. The molecule has 3 rings (SSSR count). The maximum absolute atomic E-state index is 12.8. The summed E-state index contributed by atoms with van der Waals surface area (Å²) in [5, 5.41) is 0. The fourth-order valence-electron chi connectivity index (χ4n) is 2.23. The first-order chi connectivity index (χ1) is 9.95. The zero-order valence-corrected chi connectivity index (χ0v) is 12.0. The number of rotatable bonds is 5. The van der Waals surface area contributed by atoms with Gasteiger partial charge in [-0.2, -0.15) is 0 Å². The molecule has 1 saturated heterocycles. The van der Waals surface area contributed by atoms with Gasteiger partial charge < -0.3 is 9.64 Å². The van der Waals surface area contributed by atoms with Gasteiger partial charge in [-0.05, 0) is 37.1 Å². The van der Waals surface area contributed by atoms with E-state index < -0.39 is 21.9 Å². The number of sulfonamides is 1. The van der Waals surface area contributed by atoms with E-state index in [-0.39, 0.29) is 23.6 Å². The average molecular weight is 314 g/mol. The van der Waals surface area contributed by atoms with E-state index in [9.17, 15) is 17.6 Å². The van der Waals surface area contributed by atoms with Gasteiger partial charge in [0.25, 0.3) is 0 Å². The minimum absolute atomic E-state index is 0.00860. The van der Waals surface area contributed by atoms with Crippen LogP contribution in [0, 0.1) is 5.82 Å². The second-order valence-corrected chi connectivity index (χ2v) is 6.96. The summed E-state index contributed by atoms with van der Waals surface area (Å²) in [6.07, 6.45) is 1.07. The molecule has 114 valence electrons. The Morgan fingerprint density at radius 1 is 1.29 bits per heavy atom. The molecular weight excluding hydrogens is 299 g/mol. The highest BCUT2D eigenvalue weighted by Gasteiger charge is 2.41. The van der Waals surface area contributed by atoms with Crippen molar-refractivity contribution in [2.75, 3.05) is 13.1 Å². The molecule has 1 atom stereocenters. The third kappa shape index (κ3) is 3.16. The fourth-order valence-corrected chi connectivity index (χ4v) is 3.30. The third-order valence-electron chi connectivity index (χ3n) is 3.51. The van der Waals surface area contributed by atoms with Crippen LogP contribution >= 0.6 is 0 Å². The maximum Gasteiger partial charge on any atom is 0.410 e. The molecule has 0 spiro atoms. The van der Waals surface area contributed by atoms with Gasteiger partial charge in [0, 0.05) is 12.6 Å². The number of nitrogens with one attached hydrogen (secondary N) is 1. The largest absolute Gasteiger partial charge is 0.443 e. The summed E-state index contributed by atoms with van der Waals surface area (Å²) >= 11 is 0. The summed E-state index contributed by atoms with van der Waals surface area (Å²) < 4.78 is 44.3. The molecule has 1 aromatic rings. The Hall–Kier alpha value is -1.67. The summed E-state index contributed by atoms with van der Waals surface area (Å²) in [6.45, 7) is 0.407. The van der Waals surface area contributed by atoms with Crippen LogP contribution in [-0.4, -0.2) is 44.6 Å². The van der Waals surface area contributed by atoms with Crippen LogP contribution in [0.25, 0.3) is 0 Å². The lowest BCUT2D eigenvalue weighted by molar-refractivity contribution is 0.133. The number of carbonyl (C=O) groups excluding carboxylic acids is 1. The summed E-state index contributed by atoms with van der Waals surface area (Å²) in [7, 11) is -3.73. The van der Waals surface area contributed by atoms with Crippen molar-refractivity contribution in [2.45, 2.75) is 29.9 Å². The molecule has 1 amide bonds. The SMILES string of the molecule is O=C1OC(CNS(=O)(=O)c2ccc(F)cc2)CN1C1CC1. The quantitative estimate of drug-likeness (QED) is 0.882. The van der Waals surface area contributed by atoms with E-state index in [1.54, 1.807) is 4.90 Å². The smallest absolute Gasteiger partial charge is 0.410 e. The molecule has 2 fully saturated rings. The van der Waals surface area contributed by atoms with Crippen molar-refractivity contribution >= 4 is 16.1 Å². The molecule has 2 aliphatic rings. The first-order valence-electron chi connectivity index (χ1n) is 6.68. The summed E-state index contributed by atoms with van der Waals surface area (Å²) in [4.78, 5) is 13.2. The van der Waals surface area contributed by atoms with Crippen molar-refractivity contribution in [3.63, 3.8) is 0 Å². The molecule has 6 nitrogen and oxygen atoms in total. The van der Waals surface area contributed by atoms with Crippen LogP contribution in [0.15, 0.2) is 29.2 Å². The van der Waals surface area contributed by atoms with Crippen LogP contribution in [0.5, 0.6) is 0 Å². The van der Waals surface area contributed by atoms with Gasteiger partial charge in [-0.1, -0.05) is 0 Å². The molecule has 8 heteroatoms. The van der Waals surface area contributed by atoms with Gasteiger partial charge >= 0.3 is 6.09 Å². The molecule has 1 heterocycles. The first kappa shape index (κ1) is 14.3. The molecule has 1 aliphatic heterocycles. The Morgan fingerprint density at radius 2 is 1.95 bits per heavy atom. The predicted molar refractivity (Wildman–Crippen MR) is 71.6 cm³/mol. The van der Waals surface area contributed by atoms with Crippen LogP contribution in [0.3, 0.4) is 0 Å². The predicted octanol–water partition coefficient (Wildman–Crippen LogP) is 1.09. The first-order valence-corrected chi connectivity index (χ1v) is 8.16. The van der Waals surface area contributed by atoms with Crippen LogP contribution in [0.2, 0.25) is 0 Å². The lowest BCUT2D eigenvalue weighted by Gasteiger charge is -2.11. The minimum Gasteiger partial charge on any atom is -0.443 e. The number of carbonyl (C=O) groups is 1. The second-order valence-electron chi connectivity index (χ2n) is 5.20. The topological polar surface area (TPSA) is 75.7 Å². The number of nitrogens with zero attached hydrogens (tertiary/aromatic N) is 1. The van der Waals surface area contributed by atoms with Gasteiger partial charge in [-0.25, -0.2) is 22.3 Å². The average Bonchev–Trinajstić information content (AvgIpc) is 3.21. The minimum atomic E-state index is -3.73. The number of benzene rings is 1. The number of halogens is 1. The molecule has 21 heavy (non-hydrogen) atoms. The Labute approximate surface area is 121 Å². The second kappa shape index (κ2) is 5.27. The van der Waals surface area contributed by atoms with E-state index >= 15 is 0 Å². The molecule has 0 aromatic heterocycles. The van der Waals surface area contributed by atoms with Gasteiger partial charge in [0.15, 0.2) is 0 Å². The van der Waals surface area contributed by atoms with Gasteiger partial charge in [0.1, 0.15) is 11.9 Å². The molecule has 1 aliphatic carbocycles. The standard InChI is InChI=1S/C13H15FN2O4S/c14-9-1-5-12(6-2-9)21(18,19)15-7-11-8-16(10-3-4-10)13(17)20-11/h1-2,5-6,10-11,15H,3-4,7-8H2. The highest BCUT2D eigenvalue weighted by Crippen LogP contribution is 2.30. The van der Waals surface area contributed by atoms with Gasteiger partial charge in [0.05, 0.1) is 11.4 Å². The lowest BCUT2D eigenvalue weighted by Crippen LogP contribution is -2.35. The monoisotopic (exact) mass is 314 g/mol. The molecule has 0 radical (unpaired) electrons. The van der Waals surface area contributed by atoms with Crippen LogP contribution in [-0.2, 0) is 14.8 Å². The number of hydrogen-bond acceptors (Lipinski definition) is 4. The molecule has 1 unspecified atom stereocenters. The van der Waals surface area contributed by atoms with Crippen molar-refractivity contribution in [3.8, 4) is 0 Å². The zero-order chi connectivity index (χ0) is 15.0. The Kier molecular flexibility index (Phi) is 3.58. The van der Waals surface area contributed by atoms with Crippen molar-refractivity contribution in [3.05, 3.63) is 30.1 Å². The van der Waals surface area contributed by atoms with E-state index in [1.165, 1.54) is 12.1 Å². The zero-order valence-electron chi connectivity index (χ0n) is 11.2. The van der Waals surface area contributed by atoms with Crippen molar-refractivity contribution in [1.29, 1.82) is 0 Å². The fraction of sp³-hybridized carbons (Fsp3) is 0.462. The van der Waals surface area contributed by atoms with E-state index in [0.29, 0.717) is 6.54 Å². The Bertz CT molecular complexity index is 643. The van der Waals surface area contributed by atoms with Crippen LogP contribution < -0.4 is 4.72 Å². The molecule has 1 saturated carbocycles. The van der Waals surface area contributed by atoms with Crippen molar-refractivity contribution in [1.82, 2.24) is 9.62 Å². The lowest BCUT2D eigenvalue weighted by atomic mass is 10.3. The highest BCUT2D eigenvalue weighted by molar-refractivity contribution is 7.89. The Balaban J connectivity index is 1.59.